The van der Waals surface area contributed by atoms with E-state index in [1.807, 2.05) is 39.8 Å². The minimum atomic E-state index is -0.164. The van der Waals surface area contributed by atoms with Crippen LogP contribution in [0.4, 0.5) is 4.39 Å². The van der Waals surface area contributed by atoms with Crippen molar-refractivity contribution in [2.24, 2.45) is 0 Å². The minimum absolute atomic E-state index is 0.00660. The van der Waals surface area contributed by atoms with Crippen molar-refractivity contribution in [1.82, 2.24) is 4.90 Å². The monoisotopic (exact) mass is 397 g/mol. The fourth-order valence-electron chi connectivity index (χ4n) is 4.19. The van der Waals surface area contributed by atoms with Gasteiger partial charge in [-0.2, -0.15) is 0 Å². The van der Waals surface area contributed by atoms with Gasteiger partial charge in [0, 0.05) is 5.41 Å². The number of fused-ring (bicyclic) bond motifs is 1. The van der Waals surface area contributed by atoms with E-state index in [9.17, 15) is 4.39 Å². The first-order valence-electron chi connectivity index (χ1n) is 11.1. The van der Waals surface area contributed by atoms with Crippen LogP contribution in [0.2, 0.25) is 0 Å². The SMILES string of the molecule is C=C(C)c1ccc2c(c1)CCC2(CCCN(C)C)c1ccc(F)cc1.CC.CC. The van der Waals surface area contributed by atoms with Crippen molar-refractivity contribution in [2.45, 2.75) is 65.7 Å². The average Bonchev–Trinajstić information content (AvgIpc) is 3.10. The summed E-state index contributed by atoms with van der Waals surface area (Å²) < 4.78 is 13.5. The van der Waals surface area contributed by atoms with Crippen molar-refractivity contribution in [3.05, 3.63) is 77.1 Å². The molecule has 2 heteroatoms. The summed E-state index contributed by atoms with van der Waals surface area (Å²) in [6.07, 6.45) is 4.40. The number of rotatable bonds is 6. The van der Waals surface area contributed by atoms with Crippen molar-refractivity contribution in [3.63, 3.8) is 0 Å². The number of hydrogen-bond acceptors (Lipinski definition) is 1. The van der Waals surface area contributed by atoms with Crippen LogP contribution in [0.5, 0.6) is 0 Å². The smallest absolute Gasteiger partial charge is 0.123 e. The average molecular weight is 398 g/mol. The van der Waals surface area contributed by atoms with E-state index >= 15 is 0 Å². The van der Waals surface area contributed by atoms with Crippen molar-refractivity contribution < 1.29 is 4.39 Å². The van der Waals surface area contributed by atoms with Crippen molar-refractivity contribution in [3.8, 4) is 0 Å². The van der Waals surface area contributed by atoms with E-state index in [0.717, 1.165) is 37.8 Å². The van der Waals surface area contributed by atoms with Crippen LogP contribution in [0.25, 0.3) is 5.57 Å². The van der Waals surface area contributed by atoms with E-state index in [0.29, 0.717) is 0 Å². The second-order valence-electron chi connectivity index (χ2n) is 7.65. The van der Waals surface area contributed by atoms with E-state index < -0.39 is 0 Å². The molecule has 29 heavy (non-hydrogen) atoms. The molecule has 0 bridgehead atoms. The van der Waals surface area contributed by atoms with Gasteiger partial charge < -0.3 is 4.90 Å². The van der Waals surface area contributed by atoms with E-state index in [1.54, 1.807) is 12.1 Å². The normalized spacial score (nSPS) is 17.0. The Labute approximate surface area is 178 Å². The van der Waals surface area contributed by atoms with E-state index in [-0.39, 0.29) is 11.2 Å². The van der Waals surface area contributed by atoms with Gasteiger partial charge in [0.25, 0.3) is 0 Å². The summed E-state index contributed by atoms with van der Waals surface area (Å²) >= 11 is 0. The number of aryl methyl sites for hydroxylation is 1. The topological polar surface area (TPSA) is 3.24 Å². The molecule has 0 fully saturated rings. The molecule has 0 aliphatic heterocycles. The third-order valence-electron chi connectivity index (χ3n) is 5.54. The zero-order valence-electron chi connectivity index (χ0n) is 19.6. The summed E-state index contributed by atoms with van der Waals surface area (Å²) in [4.78, 5) is 2.23. The maximum atomic E-state index is 13.5. The summed E-state index contributed by atoms with van der Waals surface area (Å²) in [6, 6.07) is 13.9. The van der Waals surface area contributed by atoms with Crippen LogP contribution in [0.3, 0.4) is 0 Å². The first kappa shape index (κ1) is 25.1. The number of benzene rings is 2. The quantitative estimate of drug-likeness (QED) is 0.488. The second-order valence-corrected chi connectivity index (χ2v) is 7.65. The summed E-state index contributed by atoms with van der Waals surface area (Å²) in [5.74, 6) is -0.164. The highest BCUT2D eigenvalue weighted by Gasteiger charge is 2.39. The Kier molecular flexibility index (Phi) is 10.3. The van der Waals surface area contributed by atoms with Crippen LogP contribution in [0.1, 0.15) is 76.1 Å². The Bertz CT molecular complexity index is 761. The fourth-order valence-corrected chi connectivity index (χ4v) is 4.19. The lowest BCUT2D eigenvalue weighted by atomic mass is 9.72. The van der Waals surface area contributed by atoms with Crippen LogP contribution >= 0.6 is 0 Å². The molecule has 1 unspecified atom stereocenters. The van der Waals surface area contributed by atoms with Gasteiger partial charge in [-0.15, -0.1) is 0 Å². The molecular formula is C27H40FN. The van der Waals surface area contributed by atoms with Crippen LogP contribution in [-0.4, -0.2) is 25.5 Å². The van der Waals surface area contributed by atoms with Crippen molar-refractivity contribution >= 4 is 5.57 Å². The van der Waals surface area contributed by atoms with Gasteiger partial charge in [-0.05, 0) is 87.6 Å². The highest BCUT2D eigenvalue weighted by Crippen LogP contribution is 2.48. The minimum Gasteiger partial charge on any atom is -0.309 e. The van der Waals surface area contributed by atoms with Gasteiger partial charge in [0.2, 0.25) is 0 Å². The summed E-state index contributed by atoms with van der Waals surface area (Å²) in [7, 11) is 4.23. The standard InChI is InChI=1S/C23H28FN.2C2H6/c1-17(2)18-6-11-22-19(16-18)12-14-23(22,13-5-15-25(3)4)20-7-9-21(24)10-8-20;2*1-2/h6-11,16H,1,5,12-15H2,2-4H3;2*1-2H3. The van der Waals surface area contributed by atoms with E-state index in [2.05, 4.69) is 50.7 Å². The molecule has 0 radical (unpaired) electrons. The maximum Gasteiger partial charge on any atom is 0.123 e. The van der Waals surface area contributed by atoms with Crippen molar-refractivity contribution in [1.29, 1.82) is 0 Å². The van der Waals surface area contributed by atoms with Gasteiger partial charge in [-0.25, -0.2) is 4.39 Å². The third kappa shape index (κ3) is 6.02. The van der Waals surface area contributed by atoms with E-state index in [1.165, 1.54) is 22.3 Å². The zero-order chi connectivity index (χ0) is 22.0. The lowest BCUT2D eigenvalue weighted by molar-refractivity contribution is 0.359. The molecule has 0 heterocycles. The molecule has 0 saturated carbocycles. The molecular weight excluding hydrogens is 357 g/mol. The maximum absolute atomic E-state index is 13.5. The third-order valence-corrected chi connectivity index (χ3v) is 5.54. The fraction of sp³-hybridized carbons (Fsp3) is 0.481. The number of halogens is 1. The molecule has 1 aliphatic carbocycles. The summed E-state index contributed by atoms with van der Waals surface area (Å²) in [6.45, 7) is 15.2. The predicted molar refractivity (Wildman–Crippen MR) is 127 cm³/mol. The Hall–Kier alpha value is -1.93. The molecule has 2 aromatic carbocycles. The molecule has 0 amide bonds. The Morgan fingerprint density at radius 3 is 2.21 bits per heavy atom. The predicted octanol–water partition coefficient (Wildman–Crippen LogP) is 7.49. The van der Waals surface area contributed by atoms with Crippen LogP contribution in [0.15, 0.2) is 49.0 Å². The van der Waals surface area contributed by atoms with Crippen molar-refractivity contribution in [2.75, 3.05) is 20.6 Å². The first-order valence-corrected chi connectivity index (χ1v) is 11.1. The number of hydrogen-bond donors (Lipinski definition) is 0. The molecule has 1 nitrogen and oxygen atoms in total. The molecule has 0 spiro atoms. The Morgan fingerprint density at radius 1 is 1.03 bits per heavy atom. The van der Waals surface area contributed by atoms with Gasteiger partial charge in [-0.3, -0.25) is 0 Å². The number of nitrogens with zero attached hydrogens (tertiary/aromatic N) is 1. The second kappa shape index (κ2) is 11.9. The summed E-state index contributed by atoms with van der Waals surface area (Å²) in [5.41, 5.74) is 6.43. The molecule has 3 rings (SSSR count). The largest absolute Gasteiger partial charge is 0.309 e. The zero-order valence-corrected chi connectivity index (χ0v) is 19.6. The van der Waals surface area contributed by atoms with Crippen LogP contribution in [-0.2, 0) is 11.8 Å². The Morgan fingerprint density at radius 2 is 1.66 bits per heavy atom. The van der Waals surface area contributed by atoms with Gasteiger partial charge in [0.15, 0.2) is 0 Å². The highest BCUT2D eigenvalue weighted by molar-refractivity contribution is 5.64. The molecule has 0 aromatic heterocycles. The van der Waals surface area contributed by atoms with E-state index in [4.69, 9.17) is 0 Å². The lowest BCUT2D eigenvalue weighted by Crippen LogP contribution is -2.26. The molecule has 1 aliphatic rings. The lowest BCUT2D eigenvalue weighted by Gasteiger charge is -2.32. The number of allylic oxidation sites excluding steroid dienone is 1. The van der Waals surface area contributed by atoms with Gasteiger partial charge in [0.05, 0.1) is 0 Å². The molecule has 0 saturated heterocycles. The molecule has 1 atom stereocenters. The highest BCUT2D eigenvalue weighted by atomic mass is 19.1. The Balaban J connectivity index is 0.000000989. The molecule has 2 aromatic rings. The molecule has 0 N–H and O–H groups in total. The van der Waals surface area contributed by atoms with Crippen LogP contribution in [0, 0.1) is 5.82 Å². The van der Waals surface area contributed by atoms with Gasteiger partial charge in [-0.1, -0.05) is 70.2 Å². The van der Waals surface area contributed by atoms with Gasteiger partial charge in [0.1, 0.15) is 5.82 Å². The molecule has 160 valence electrons. The van der Waals surface area contributed by atoms with Gasteiger partial charge >= 0.3 is 0 Å². The van der Waals surface area contributed by atoms with Crippen LogP contribution < -0.4 is 0 Å². The first-order chi connectivity index (χ1) is 13.9. The summed E-state index contributed by atoms with van der Waals surface area (Å²) in [5, 5.41) is 0.